The molecule has 3 N–H and O–H groups in total. The van der Waals surface area contributed by atoms with Crippen molar-refractivity contribution in [2.45, 2.75) is 26.5 Å². The number of anilines is 2. The Morgan fingerprint density at radius 2 is 1.72 bits per heavy atom. The van der Waals surface area contributed by atoms with Gasteiger partial charge in [-0.25, -0.2) is 4.79 Å². The highest BCUT2D eigenvalue weighted by molar-refractivity contribution is 5.94. The maximum atomic E-state index is 12.3. The van der Waals surface area contributed by atoms with Gasteiger partial charge in [0.15, 0.2) is 6.10 Å². The molecule has 0 spiro atoms. The molecule has 29 heavy (non-hydrogen) atoms. The van der Waals surface area contributed by atoms with E-state index in [9.17, 15) is 9.59 Å². The van der Waals surface area contributed by atoms with Crippen LogP contribution in [-0.2, 0) is 11.3 Å². The summed E-state index contributed by atoms with van der Waals surface area (Å²) in [6, 6.07) is 17.5. The highest BCUT2D eigenvalue weighted by atomic mass is 16.5. The number of hydrogen-bond acceptors (Lipinski definition) is 4. The van der Waals surface area contributed by atoms with E-state index in [-0.39, 0.29) is 11.9 Å². The minimum Gasteiger partial charge on any atom is -0.481 e. The van der Waals surface area contributed by atoms with Crippen LogP contribution in [0.25, 0.3) is 0 Å². The zero-order chi connectivity index (χ0) is 20.6. The van der Waals surface area contributed by atoms with Crippen molar-refractivity contribution in [1.29, 1.82) is 0 Å². The Labute approximate surface area is 169 Å². The maximum Gasteiger partial charge on any atom is 0.319 e. The lowest BCUT2D eigenvalue weighted by Crippen LogP contribution is -2.30. The SMILES string of the molecule is Cc1cccc(OC(C)C(=O)Nc2ccc(NC(=O)NCc3ccco3)cc2)c1. The molecule has 7 heteroatoms. The Morgan fingerprint density at radius 1 is 1.00 bits per heavy atom. The highest BCUT2D eigenvalue weighted by Crippen LogP contribution is 2.17. The summed E-state index contributed by atoms with van der Waals surface area (Å²) in [5.41, 5.74) is 2.27. The fourth-order valence-electron chi connectivity index (χ4n) is 2.58. The fraction of sp³-hybridized carbons (Fsp3) is 0.182. The standard InChI is InChI=1S/C22H23N3O4/c1-15-5-3-6-19(13-15)29-16(2)21(26)24-17-8-10-18(11-9-17)25-22(27)23-14-20-7-4-12-28-20/h3-13,16H,14H2,1-2H3,(H,24,26)(H2,23,25,27). The van der Waals surface area contributed by atoms with Gasteiger partial charge in [0.05, 0.1) is 12.8 Å². The van der Waals surface area contributed by atoms with E-state index in [1.165, 1.54) is 0 Å². The second-order valence-electron chi connectivity index (χ2n) is 6.53. The topological polar surface area (TPSA) is 92.6 Å². The first-order chi connectivity index (χ1) is 14.0. The molecular formula is C22H23N3O4. The van der Waals surface area contributed by atoms with Gasteiger partial charge in [-0.15, -0.1) is 0 Å². The van der Waals surface area contributed by atoms with Crippen LogP contribution in [0.15, 0.2) is 71.3 Å². The van der Waals surface area contributed by atoms with Gasteiger partial charge in [-0.1, -0.05) is 12.1 Å². The molecule has 0 aliphatic rings. The predicted molar refractivity (Wildman–Crippen MR) is 111 cm³/mol. The summed E-state index contributed by atoms with van der Waals surface area (Å²) in [7, 11) is 0. The molecule has 3 rings (SSSR count). The Bertz CT molecular complexity index is 952. The van der Waals surface area contributed by atoms with Crippen LogP contribution in [-0.4, -0.2) is 18.0 Å². The molecule has 1 aromatic heterocycles. The van der Waals surface area contributed by atoms with Gasteiger partial charge in [-0.05, 0) is 67.9 Å². The van der Waals surface area contributed by atoms with E-state index < -0.39 is 6.10 Å². The van der Waals surface area contributed by atoms with E-state index in [1.807, 2.05) is 31.2 Å². The minimum atomic E-state index is -0.651. The number of ether oxygens (including phenoxy) is 1. The quantitative estimate of drug-likeness (QED) is 0.557. The van der Waals surface area contributed by atoms with Crippen LogP contribution in [0.2, 0.25) is 0 Å². The van der Waals surface area contributed by atoms with Crippen molar-refractivity contribution in [3.63, 3.8) is 0 Å². The first kappa shape index (κ1) is 20.0. The Hall–Kier alpha value is -3.74. The molecule has 1 heterocycles. The van der Waals surface area contributed by atoms with Crippen LogP contribution in [0.4, 0.5) is 16.2 Å². The highest BCUT2D eigenvalue weighted by Gasteiger charge is 2.15. The monoisotopic (exact) mass is 393 g/mol. The number of furan rings is 1. The zero-order valence-corrected chi connectivity index (χ0v) is 16.3. The number of amides is 3. The van der Waals surface area contributed by atoms with Gasteiger partial charge in [-0.3, -0.25) is 4.79 Å². The number of rotatable bonds is 7. The van der Waals surface area contributed by atoms with Gasteiger partial charge in [-0.2, -0.15) is 0 Å². The first-order valence-corrected chi connectivity index (χ1v) is 9.21. The van der Waals surface area contributed by atoms with Gasteiger partial charge in [0.2, 0.25) is 0 Å². The molecular weight excluding hydrogens is 370 g/mol. The van der Waals surface area contributed by atoms with Crippen molar-refractivity contribution < 1.29 is 18.7 Å². The van der Waals surface area contributed by atoms with Crippen molar-refractivity contribution in [3.05, 3.63) is 78.3 Å². The molecule has 2 aromatic carbocycles. The number of aryl methyl sites for hydroxylation is 1. The molecule has 1 atom stereocenters. The van der Waals surface area contributed by atoms with Crippen molar-refractivity contribution in [2.24, 2.45) is 0 Å². The van der Waals surface area contributed by atoms with Crippen LogP contribution in [0.1, 0.15) is 18.2 Å². The van der Waals surface area contributed by atoms with Crippen LogP contribution < -0.4 is 20.7 Å². The van der Waals surface area contributed by atoms with Crippen LogP contribution >= 0.6 is 0 Å². The summed E-state index contributed by atoms with van der Waals surface area (Å²) < 4.78 is 10.8. The minimum absolute atomic E-state index is 0.261. The molecule has 0 saturated heterocycles. The van der Waals surface area contributed by atoms with E-state index >= 15 is 0 Å². The summed E-state index contributed by atoms with van der Waals surface area (Å²) in [6.07, 6.45) is 0.899. The van der Waals surface area contributed by atoms with E-state index in [2.05, 4.69) is 16.0 Å². The molecule has 3 aromatic rings. The van der Waals surface area contributed by atoms with Gasteiger partial charge < -0.3 is 25.1 Å². The molecule has 0 radical (unpaired) electrons. The average Bonchev–Trinajstić information content (AvgIpc) is 3.21. The molecule has 0 bridgehead atoms. The van der Waals surface area contributed by atoms with Crippen LogP contribution in [0.3, 0.4) is 0 Å². The second-order valence-corrected chi connectivity index (χ2v) is 6.53. The Morgan fingerprint density at radius 3 is 2.38 bits per heavy atom. The lowest BCUT2D eigenvalue weighted by atomic mass is 10.2. The Kier molecular flexibility index (Phi) is 6.52. The van der Waals surface area contributed by atoms with Crippen LogP contribution in [0, 0.1) is 6.92 Å². The van der Waals surface area contributed by atoms with Crippen molar-refractivity contribution in [3.8, 4) is 5.75 Å². The summed E-state index contributed by atoms with van der Waals surface area (Å²) in [6.45, 7) is 3.95. The molecule has 1 unspecified atom stereocenters. The number of hydrogen-bond donors (Lipinski definition) is 3. The number of carbonyl (C=O) groups is 2. The molecule has 150 valence electrons. The lowest BCUT2D eigenvalue weighted by molar-refractivity contribution is -0.122. The smallest absolute Gasteiger partial charge is 0.319 e. The number of benzene rings is 2. The normalized spacial score (nSPS) is 11.4. The Balaban J connectivity index is 1.47. The van der Waals surface area contributed by atoms with E-state index in [0.717, 1.165) is 5.56 Å². The lowest BCUT2D eigenvalue weighted by Gasteiger charge is -2.15. The molecule has 0 fully saturated rings. The molecule has 3 amide bonds. The third-order valence-corrected chi connectivity index (χ3v) is 4.09. The summed E-state index contributed by atoms with van der Waals surface area (Å²) in [5, 5.41) is 8.20. The fourth-order valence-corrected chi connectivity index (χ4v) is 2.58. The average molecular weight is 393 g/mol. The predicted octanol–water partition coefficient (Wildman–Crippen LogP) is 4.32. The molecule has 0 saturated carbocycles. The van der Waals surface area contributed by atoms with E-state index in [1.54, 1.807) is 49.6 Å². The third kappa shape index (κ3) is 6.14. The summed E-state index contributed by atoms with van der Waals surface area (Å²) in [4.78, 5) is 24.2. The number of carbonyl (C=O) groups excluding carboxylic acids is 2. The largest absolute Gasteiger partial charge is 0.481 e. The maximum absolute atomic E-state index is 12.3. The molecule has 0 aliphatic carbocycles. The molecule has 7 nitrogen and oxygen atoms in total. The van der Waals surface area contributed by atoms with Gasteiger partial charge >= 0.3 is 6.03 Å². The van der Waals surface area contributed by atoms with Gasteiger partial charge in [0.25, 0.3) is 5.91 Å². The first-order valence-electron chi connectivity index (χ1n) is 9.21. The van der Waals surface area contributed by atoms with E-state index in [0.29, 0.717) is 29.4 Å². The van der Waals surface area contributed by atoms with Crippen molar-refractivity contribution in [2.75, 3.05) is 10.6 Å². The summed E-state index contributed by atoms with van der Waals surface area (Å²) >= 11 is 0. The second kappa shape index (κ2) is 9.45. The van der Waals surface area contributed by atoms with Crippen LogP contribution in [0.5, 0.6) is 5.75 Å². The number of urea groups is 1. The van der Waals surface area contributed by atoms with E-state index in [4.69, 9.17) is 9.15 Å². The number of nitrogens with one attached hydrogen (secondary N) is 3. The summed E-state index contributed by atoms with van der Waals surface area (Å²) in [5.74, 6) is 1.05. The van der Waals surface area contributed by atoms with Gasteiger partial charge in [0.1, 0.15) is 11.5 Å². The molecule has 0 aliphatic heterocycles. The third-order valence-electron chi connectivity index (χ3n) is 4.09. The zero-order valence-electron chi connectivity index (χ0n) is 16.3. The van der Waals surface area contributed by atoms with Crippen molar-refractivity contribution in [1.82, 2.24) is 5.32 Å². The van der Waals surface area contributed by atoms with Gasteiger partial charge in [0, 0.05) is 11.4 Å². The van der Waals surface area contributed by atoms with Crippen molar-refractivity contribution >= 4 is 23.3 Å².